The van der Waals surface area contributed by atoms with Crippen molar-refractivity contribution in [3.05, 3.63) is 35.9 Å². The standard InChI is InChI=1S/C24H38N2O3/c1-17-7-9-18(10-8-17)11-12-19-13-14-25-21(15-19)24(29)26-22(16-27)23(28)20-5-3-2-4-6-20/h2-6,17-19,21-23,25,27-28H,7-16H2,1H3,(H,26,29)/t17?,18?,19-,21-,22-,23-/m0/s1. The average Bonchev–Trinajstić information content (AvgIpc) is 2.77. The summed E-state index contributed by atoms with van der Waals surface area (Å²) in [7, 11) is 0. The largest absolute Gasteiger partial charge is 0.394 e. The monoisotopic (exact) mass is 402 g/mol. The molecule has 0 radical (unpaired) electrons. The van der Waals surface area contributed by atoms with Gasteiger partial charge in [0.25, 0.3) is 0 Å². The molecular formula is C24H38N2O3. The summed E-state index contributed by atoms with van der Waals surface area (Å²) < 4.78 is 0. The maximum atomic E-state index is 12.8. The molecule has 5 heteroatoms. The number of amides is 1. The van der Waals surface area contributed by atoms with Crippen molar-refractivity contribution >= 4 is 5.91 Å². The molecule has 29 heavy (non-hydrogen) atoms. The third-order valence-corrected chi connectivity index (χ3v) is 6.99. The summed E-state index contributed by atoms with van der Waals surface area (Å²) in [6, 6.07) is 8.24. The van der Waals surface area contributed by atoms with Crippen LogP contribution >= 0.6 is 0 Å². The average molecular weight is 403 g/mol. The van der Waals surface area contributed by atoms with E-state index < -0.39 is 12.1 Å². The van der Waals surface area contributed by atoms with E-state index in [4.69, 9.17) is 0 Å². The number of carbonyl (C=O) groups is 1. The molecule has 1 amide bonds. The quantitative estimate of drug-likeness (QED) is 0.538. The molecule has 1 aromatic rings. The number of rotatable bonds is 8. The van der Waals surface area contributed by atoms with Crippen LogP contribution in [0.1, 0.15) is 70.0 Å². The number of aliphatic hydroxyl groups excluding tert-OH is 2. The highest BCUT2D eigenvalue weighted by molar-refractivity contribution is 5.82. The molecule has 162 valence electrons. The van der Waals surface area contributed by atoms with Gasteiger partial charge in [0.2, 0.25) is 5.91 Å². The fourth-order valence-electron chi connectivity index (χ4n) is 4.94. The molecule has 1 saturated heterocycles. The number of hydrogen-bond acceptors (Lipinski definition) is 4. The first-order valence-electron chi connectivity index (χ1n) is 11.4. The van der Waals surface area contributed by atoms with Crippen LogP contribution < -0.4 is 10.6 Å². The summed E-state index contributed by atoms with van der Waals surface area (Å²) >= 11 is 0. The molecular weight excluding hydrogens is 364 g/mol. The minimum absolute atomic E-state index is 0.116. The Morgan fingerprint density at radius 3 is 2.48 bits per heavy atom. The third-order valence-electron chi connectivity index (χ3n) is 6.99. The first-order valence-corrected chi connectivity index (χ1v) is 11.4. The summed E-state index contributed by atoms with van der Waals surface area (Å²) in [5.74, 6) is 2.23. The zero-order valence-electron chi connectivity index (χ0n) is 17.7. The Morgan fingerprint density at radius 2 is 1.79 bits per heavy atom. The van der Waals surface area contributed by atoms with Crippen molar-refractivity contribution in [2.75, 3.05) is 13.2 Å². The number of carbonyl (C=O) groups excluding carboxylic acids is 1. The second kappa shape index (κ2) is 11.1. The van der Waals surface area contributed by atoms with Crippen LogP contribution in [0.5, 0.6) is 0 Å². The van der Waals surface area contributed by atoms with Gasteiger partial charge in [-0.1, -0.05) is 75.8 Å². The Bertz CT molecular complexity index is 616. The molecule has 1 aliphatic carbocycles. The molecule has 0 unspecified atom stereocenters. The van der Waals surface area contributed by atoms with Gasteiger partial charge in [-0.15, -0.1) is 0 Å². The van der Waals surface area contributed by atoms with Crippen molar-refractivity contribution < 1.29 is 15.0 Å². The normalized spacial score (nSPS) is 29.8. The second-order valence-electron chi connectivity index (χ2n) is 9.25. The van der Waals surface area contributed by atoms with Crippen LogP contribution in [0.3, 0.4) is 0 Å². The predicted molar refractivity (Wildman–Crippen MR) is 115 cm³/mol. The zero-order valence-corrected chi connectivity index (χ0v) is 17.7. The molecule has 2 fully saturated rings. The van der Waals surface area contributed by atoms with Crippen LogP contribution in [-0.4, -0.2) is 41.4 Å². The van der Waals surface area contributed by atoms with Gasteiger partial charge in [-0.2, -0.15) is 0 Å². The van der Waals surface area contributed by atoms with Crippen molar-refractivity contribution in [3.63, 3.8) is 0 Å². The van der Waals surface area contributed by atoms with Gasteiger partial charge in [0.15, 0.2) is 0 Å². The van der Waals surface area contributed by atoms with Gasteiger partial charge in [0.05, 0.1) is 18.7 Å². The summed E-state index contributed by atoms with van der Waals surface area (Å²) in [5, 5.41) is 26.4. The smallest absolute Gasteiger partial charge is 0.237 e. The van der Waals surface area contributed by atoms with Gasteiger partial charge in [0, 0.05) is 0 Å². The maximum absolute atomic E-state index is 12.8. The van der Waals surface area contributed by atoms with Gasteiger partial charge >= 0.3 is 0 Å². The molecule has 3 rings (SSSR count). The van der Waals surface area contributed by atoms with Crippen molar-refractivity contribution in [2.24, 2.45) is 17.8 Å². The lowest BCUT2D eigenvalue weighted by Gasteiger charge is -2.33. The van der Waals surface area contributed by atoms with Crippen LogP contribution in [0.4, 0.5) is 0 Å². The van der Waals surface area contributed by atoms with Crippen molar-refractivity contribution in [1.82, 2.24) is 10.6 Å². The summed E-state index contributed by atoms with van der Waals surface area (Å²) in [4.78, 5) is 12.8. The van der Waals surface area contributed by atoms with Crippen LogP contribution in [0.15, 0.2) is 30.3 Å². The molecule has 1 aliphatic heterocycles. The Hall–Kier alpha value is -1.43. The Morgan fingerprint density at radius 1 is 1.10 bits per heavy atom. The first-order chi connectivity index (χ1) is 14.1. The van der Waals surface area contributed by atoms with Gasteiger partial charge in [-0.25, -0.2) is 0 Å². The van der Waals surface area contributed by atoms with E-state index in [1.165, 1.54) is 38.5 Å². The molecule has 4 N–H and O–H groups in total. The van der Waals surface area contributed by atoms with E-state index >= 15 is 0 Å². The molecule has 0 spiro atoms. The number of piperidine rings is 1. The molecule has 1 heterocycles. The predicted octanol–water partition coefficient (Wildman–Crippen LogP) is 3.17. The molecule has 0 aromatic heterocycles. The van der Waals surface area contributed by atoms with Crippen molar-refractivity contribution in [2.45, 2.75) is 76.5 Å². The van der Waals surface area contributed by atoms with E-state index in [-0.39, 0.29) is 18.6 Å². The topological polar surface area (TPSA) is 81.6 Å². The van der Waals surface area contributed by atoms with Crippen LogP contribution in [-0.2, 0) is 4.79 Å². The van der Waals surface area contributed by atoms with Gasteiger partial charge in [-0.3, -0.25) is 4.79 Å². The molecule has 1 aromatic carbocycles. The molecule has 4 atom stereocenters. The van der Waals surface area contributed by atoms with Crippen LogP contribution in [0, 0.1) is 17.8 Å². The molecule has 1 saturated carbocycles. The van der Waals surface area contributed by atoms with E-state index in [9.17, 15) is 15.0 Å². The van der Waals surface area contributed by atoms with E-state index in [1.807, 2.05) is 18.2 Å². The lowest BCUT2D eigenvalue weighted by atomic mass is 9.78. The Kier molecular flexibility index (Phi) is 8.52. The number of aliphatic hydroxyl groups is 2. The van der Waals surface area contributed by atoms with E-state index in [1.54, 1.807) is 12.1 Å². The van der Waals surface area contributed by atoms with Crippen molar-refractivity contribution in [1.29, 1.82) is 0 Å². The fourth-order valence-corrected chi connectivity index (χ4v) is 4.94. The molecule has 2 aliphatic rings. The number of nitrogens with one attached hydrogen (secondary N) is 2. The van der Waals surface area contributed by atoms with E-state index in [2.05, 4.69) is 17.6 Å². The van der Waals surface area contributed by atoms with Crippen molar-refractivity contribution in [3.8, 4) is 0 Å². The Labute approximate surface area is 175 Å². The third kappa shape index (κ3) is 6.53. The molecule has 5 nitrogen and oxygen atoms in total. The number of hydrogen-bond donors (Lipinski definition) is 4. The van der Waals surface area contributed by atoms with Crippen LogP contribution in [0.25, 0.3) is 0 Å². The maximum Gasteiger partial charge on any atom is 0.237 e. The lowest BCUT2D eigenvalue weighted by Crippen LogP contribution is -2.53. The minimum atomic E-state index is -0.918. The highest BCUT2D eigenvalue weighted by atomic mass is 16.3. The van der Waals surface area contributed by atoms with Gasteiger partial charge in [0.1, 0.15) is 6.10 Å². The summed E-state index contributed by atoms with van der Waals surface area (Å²) in [6.07, 6.45) is 9.02. The SMILES string of the molecule is CC1CCC(CC[C@H]2CCN[C@H](C(=O)N[C@@H](CO)[C@@H](O)c3ccccc3)C2)CC1. The van der Waals surface area contributed by atoms with Crippen LogP contribution in [0.2, 0.25) is 0 Å². The fraction of sp³-hybridized carbons (Fsp3) is 0.708. The minimum Gasteiger partial charge on any atom is -0.394 e. The lowest BCUT2D eigenvalue weighted by molar-refractivity contribution is -0.126. The Balaban J connectivity index is 1.47. The molecule has 0 bridgehead atoms. The van der Waals surface area contributed by atoms with Gasteiger partial charge in [-0.05, 0) is 42.7 Å². The van der Waals surface area contributed by atoms with E-state index in [0.717, 1.165) is 31.2 Å². The summed E-state index contributed by atoms with van der Waals surface area (Å²) in [6.45, 7) is 2.92. The van der Waals surface area contributed by atoms with Gasteiger partial charge < -0.3 is 20.8 Å². The second-order valence-corrected chi connectivity index (χ2v) is 9.25. The highest BCUT2D eigenvalue weighted by Crippen LogP contribution is 2.33. The number of benzene rings is 1. The van der Waals surface area contributed by atoms with E-state index in [0.29, 0.717) is 11.5 Å². The first kappa shape index (κ1) is 22.3. The zero-order chi connectivity index (χ0) is 20.6. The highest BCUT2D eigenvalue weighted by Gasteiger charge is 2.30. The summed E-state index contributed by atoms with van der Waals surface area (Å²) in [5.41, 5.74) is 0.697.